The fourth-order valence-corrected chi connectivity index (χ4v) is 11.5. The van der Waals surface area contributed by atoms with Gasteiger partial charge in [0.2, 0.25) is 0 Å². The molecule has 0 aromatic heterocycles. The van der Waals surface area contributed by atoms with Gasteiger partial charge in [-0.05, 0) is 136 Å². The fraction of sp³-hybridized carbons (Fsp3) is 0.805. The lowest BCUT2D eigenvalue weighted by atomic mass is 9.76. The Labute approximate surface area is 293 Å². The van der Waals surface area contributed by atoms with Crippen LogP contribution in [0.2, 0.25) is 0 Å². The molecule has 6 rings (SSSR count). The average Bonchev–Trinajstić information content (AvgIpc) is 3.93. The van der Waals surface area contributed by atoms with Crippen LogP contribution >= 0.6 is 0 Å². The van der Waals surface area contributed by atoms with Crippen LogP contribution in [0.25, 0.3) is 0 Å². The Bertz CT molecular complexity index is 1230. The molecule has 4 bridgehead atoms. The lowest BCUT2D eigenvalue weighted by molar-refractivity contribution is -0.145. The van der Waals surface area contributed by atoms with Crippen molar-refractivity contribution in [3.05, 3.63) is 24.8 Å². The lowest BCUT2D eigenvalue weighted by Gasteiger charge is -2.31. The number of carbonyl (C=O) groups excluding carboxylic acids is 4. The molecule has 12 atom stereocenters. The van der Waals surface area contributed by atoms with Crippen molar-refractivity contribution in [3.8, 4) is 0 Å². The number of ether oxygens (including phenoxy) is 4. The van der Waals surface area contributed by atoms with Crippen LogP contribution in [0, 0.1) is 65.1 Å². The van der Waals surface area contributed by atoms with Crippen LogP contribution in [0.5, 0.6) is 0 Å². The number of ketones is 1. The first-order valence-electron chi connectivity index (χ1n) is 19.6. The van der Waals surface area contributed by atoms with Gasteiger partial charge in [0.15, 0.2) is 5.78 Å². The maximum Gasteiger partial charge on any atom is 0.333 e. The molecule has 0 aromatic rings. The zero-order valence-corrected chi connectivity index (χ0v) is 29.8. The molecule has 6 aliphatic rings. The Morgan fingerprint density at radius 2 is 1.22 bits per heavy atom. The van der Waals surface area contributed by atoms with Crippen molar-refractivity contribution in [2.75, 3.05) is 26.4 Å². The van der Waals surface area contributed by atoms with Gasteiger partial charge in [-0.3, -0.25) is 9.59 Å². The van der Waals surface area contributed by atoms with E-state index in [0.29, 0.717) is 85.6 Å². The molecule has 6 saturated carbocycles. The number of unbranched alkanes of at least 4 members (excludes halogenated alkanes) is 5. The maximum absolute atomic E-state index is 12.6. The first-order valence-corrected chi connectivity index (χ1v) is 19.6. The van der Waals surface area contributed by atoms with Gasteiger partial charge in [0.1, 0.15) is 6.61 Å². The van der Waals surface area contributed by atoms with Crippen LogP contribution in [0.1, 0.15) is 110 Å². The fourth-order valence-electron chi connectivity index (χ4n) is 11.5. The summed E-state index contributed by atoms with van der Waals surface area (Å²) in [6, 6.07) is 0. The second kappa shape index (κ2) is 16.7. The molecule has 8 nitrogen and oxygen atoms in total. The standard InChI is InChI=1S/C41H60O8/c1-4-39(43)47-21-27-14-33-29-19-37(36(33)16-27)38(20-29)46-24-31(42)11-9-7-5-6-8-10-12-40(44)48-22-26-13-32-28-17-30(23-49-41(45)25(2)3)34(18-28)35(32)15-26/h4,26-30,32-38H,1-2,5-24H2,3H3. The normalized spacial score (nSPS) is 36.3. The number of carbonyl (C=O) groups is 4. The van der Waals surface area contributed by atoms with Crippen molar-refractivity contribution in [1.82, 2.24) is 0 Å². The molecule has 272 valence electrons. The van der Waals surface area contributed by atoms with Gasteiger partial charge < -0.3 is 18.9 Å². The van der Waals surface area contributed by atoms with E-state index in [2.05, 4.69) is 13.2 Å². The summed E-state index contributed by atoms with van der Waals surface area (Å²) >= 11 is 0. The van der Waals surface area contributed by atoms with Gasteiger partial charge in [0.05, 0.1) is 25.9 Å². The molecule has 0 amide bonds. The van der Waals surface area contributed by atoms with E-state index in [9.17, 15) is 19.2 Å². The molecule has 0 N–H and O–H groups in total. The Hall–Kier alpha value is -2.48. The molecular formula is C41H60O8. The third-order valence-corrected chi connectivity index (χ3v) is 13.6. The summed E-state index contributed by atoms with van der Waals surface area (Å²) in [5.74, 6) is 6.38. The van der Waals surface area contributed by atoms with Crippen LogP contribution in [0.15, 0.2) is 24.8 Å². The number of Topliss-reactive ketones (excluding diaryl/α,β-unsaturated/α-hetero) is 1. The number of rotatable bonds is 20. The van der Waals surface area contributed by atoms with E-state index in [1.165, 1.54) is 25.3 Å². The van der Waals surface area contributed by atoms with Crippen LogP contribution in [0.3, 0.4) is 0 Å². The summed E-state index contributed by atoms with van der Waals surface area (Å²) in [5, 5.41) is 0. The van der Waals surface area contributed by atoms with Gasteiger partial charge in [-0.15, -0.1) is 0 Å². The molecule has 0 aliphatic heterocycles. The van der Waals surface area contributed by atoms with Gasteiger partial charge in [-0.2, -0.15) is 0 Å². The van der Waals surface area contributed by atoms with Crippen molar-refractivity contribution in [2.45, 2.75) is 116 Å². The van der Waals surface area contributed by atoms with Crippen LogP contribution in [-0.4, -0.2) is 56.2 Å². The minimum Gasteiger partial charge on any atom is -0.465 e. The first-order chi connectivity index (χ1) is 23.7. The molecule has 0 radical (unpaired) electrons. The molecule has 8 heteroatoms. The molecule has 0 aromatic carbocycles. The highest BCUT2D eigenvalue weighted by Gasteiger charge is 2.57. The molecule has 12 unspecified atom stereocenters. The van der Waals surface area contributed by atoms with E-state index >= 15 is 0 Å². The topological polar surface area (TPSA) is 105 Å². The molecule has 6 aliphatic carbocycles. The molecule has 49 heavy (non-hydrogen) atoms. The van der Waals surface area contributed by atoms with Crippen molar-refractivity contribution in [1.29, 1.82) is 0 Å². The van der Waals surface area contributed by atoms with Crippen LogP contribution in [0.4, 0.5) is 0 Å². The summed E-state index contributed by atoms with van der Waals surface area (Å²) in [4.78, 5) is 48.3. The molecule has 0 saturated heterocycles. The van der Waals surface area contributed by atoms with Crippen LogP contribution < -0.4 is 0 Å². The van der Waals surface area contributed by atoms with Gasteiger partial charge in [0, 0.05) is 24.5 Å². The molecule has 0 spiro atoms. The van der Waals surface area contributed by atoms with Crippen molar-refractivity contribution < 1.29 is 38.1 Å². The van der Waals surface area contributed by atoms with E-state index in [1.54, 1.807) is 6.92 Å². The summed E-state index contributed by atoms with van der Waals surface area (Å²) in [5.41, 5.74) is 0.464. The Balaban J connectivity index is 0.750. The van der Waals surface area contributed by atoms with E-state index in [0.717, 1.165) is 88.4 Å². The number of hydrogen-bond donors (Lipinski definition) is 0. The second-order valence-corrected chi connectivity index (χ2v) is 16.8. The SMILES string of the molecule is C=CC(=O)OCC1CC2C3CC(OCC(=O)CCCCCCCCC(=O)OCC4CC5C6CC(COC(=O)C(=C)C)C(C6)C5C4)C(C3)C2C1. The highest BCUT2D eigenvalue weighted by molar-refractivity contribution is 5.86. The predicted octanol–water partition coefficient (Wildman–Crippen LogP) is 7.43. The quantitative estimate of drug-likeness (QED) is 0.0566. The monoisotopic (exact) mass is 680 g/mol. The summed E-state index contributed by atoms with van der Waals surface area (Å²) in [6.07, 6.45) is 17.8. The Morgan fingerprint density at radius 3 is 1.92 bits per heavy atom. The van der Waals surface area contributed by atoms with Crippen molar-refractivity contribution in [3.63, 3.8) is 0 Å². The minimum atomic E-state index is -0.334. The second-order valence-electron chi connectivity index (χ2n) is 16.8. The summed E-state index contributed by atoms with van der Waals surface area (Å²) in [7, 11) is 0. The minimum absolute atomic E-state index is 0.0667. The first kappa shape index (κ1) is 36.3. The molecule has 6 fully saturated rings. The molecular weight excluding hydrogens is 620 g/mol. The number of fused-ring (bicyclic) bond motifs is 10. The highest BCUT2D eigenvalue weighted by atomic mass is 16.5. The number of esters is 3. The Morgan fingerprint density at radius 1 is 0.633 bits per heavy atom. The van der Waals surface area contributed by atoms with Gasteiger partial charge in [-0.1, -0.05) is 38.8 Å². The van der Waals surface area contributed by atoms with Gasteiger partial charge in [-0.25, -0.2) is 9.59 Å². The van der Waals surface area contributed by atoms with Gasteiger partial charge in [0.25, 0.3) is 0 Å². The van der Waals surface area contributed by atoms with E-state index < -0.39 is 0 Å². The Kier molecular flexibility index (Phi) is 12.4. The molecule has 0 heterocycles. The smallest absolute Gasteiger partial charge is 0.333 e. The average molecular weight is 681 g/mol. The van der Waals surface area contributed by atoms with E-state index in [4.69, 9.17) is 18.9 Å². The highest BCUT2D eigenvalue weighted by Crippen LogP contribution is 2.62. The zero-order chi connectivity index (χ0) is 34.5. The summed E-state index contributed by atoms with van der Waals surface area (Å²) in [6.45, 7) is 10.7. The van der Waals surface area contributed by atoms with Crippen LogP contribution in [-0.2, 0) is 38.1 Å². The zero-order valence-electron chi connectivity index (χ0n) is 29.8. The van der Waals surface area contributed by atoms with E-state index in [-0.39, 0.29) is 36.4 Å². The largest absolute Gasteiger partial charge is 0.465 e. The maximum atomic E-state index is 12.6. The predicted molar refractivity (Wildman–Crippen MR) is 185 cm³/mol. The van der Waals surface area contributed by atoms with Crippen molar-refractivity contribution >= 4 is 23.7 Å². The van der Waals surface area contributed by atoms with Crippen molar-refractivity contribution in [2.24, 2.45) is 65.1 Å². The van der Waals surface area contributed by atoms with E-state index in [1.807, 2.05) is 0 Å². The third kappa shape index (κ3) is 8.88. The lowest BCUT2D eigenvalue weighted by Crippen LogP contribution is -2.31. The third-order valence-electron chi connectivity index (χ3n) is 13.6. The van der Waals surface area contributed by atoms with Gasteiger partial charge >= 0.3 is 17.9 Å². The number of hydrogen-bond acceptors (Lipinski definition) is 8. The summed E-state index contributed by atoms with van der Waals surface area (Å²) < 4.78 is 22.7.